The number of aromatic carboxylic acids is 1. The fourth-order valence-electron chi connectivity index (χ4n) is 2.30. The summed E-state index contributed by atoms with van der Waals surface area (Å²) in [5.74, 6) is -0.227. The number of hydrogen-bond donors (Lipinski definition) is 2. The lowest BCUT2D eigenvalue weighted by Gasteiger charge is -2.29. The van der Waals surface area contributed by atoms with Gasteiger partial charge in [-0.1, -0.05) is 0 Å². The maximum atomic E-state index is 11.2. The number of anilines is 1. The molecule has 2 aromatic heterocycles. The molecule has 0 bridgehead atoms. The highest BCUT2D eigenvalue weighted by Crippen LogP contribution is 2.18. The molecule has 0 atom stereocenters. The van der Waals surface area contributed by atoms with Crippen molar-refractivity contribution in [3.05, 3.63) is 23.5 Å². The van der Waals surface area contributed by atoms with Gasteiger partial charge in [0.25, 0.3) is 0 Å². The number of hydrogen-bond acceptors (Lipinski definition) is 5. The summed E-state index contributed by atoms with van der Waals surface area (Å²) in [6.45, 7) is 5.30. The van der Waals surface area contributed by atoms with Crippen LogP contribution in [0.2, 0.25) is 0 Å². The van der Waals surface area contributed by atoms with Crippen molar-refractivity contribution >= 4 is 17.4 Å². The summed E-state index contributed by atoms with van der Waals surface area (Å²) in [7, 11) is 0. The number of carboxylic acid groups (broad SMARTS) is 1. The van der Waals surface area contributed by atoms with Gasteiger partial charge in [0, 0.05) is 38.3 Å². The molecule has 100 valence electrons. The molecule has 0 radical (unpaired) electrons. The van der Waals surface area contributed by atoms with Gasteiger partial charge in [0.1, 0.15) is 5.82 Å². The zero-order chi connectivity index (χ0) is 13.4. The second kappa shape index (κ2) is 4.51. The molecule has 7 heteroatoms. The highest BCUT2D eigenvalue weighted by Gasteiger charge is 2.18. The Morgan fingerprint density at radius 2 is 2.11 bits per heavy atom. The second-order valence-electron chi connectivity index (χ2n) is 4.60. The third-order valence-corrected chi connectivity index (χ3v) is 3.19. The van der Waals surface area contributed by atoms with E-state index in [0.717, 1.165) is 37.7 Å². The third kappa shape index (κ3) is 2.12. The van der Waals surface area contributed by atoms with Gasteiger partial charge in [-0.3, -0.25) is 0 Å². The van der Waals surface area contributed by atoms with Crippen LogP contribution in [0.4, 0.5) is 5.82 Å². The van der Waals surface area contributed by atoms with Crippen molar-refractivity contribution in [1.29, 1.82) is 0 Å². The molecule has 0 aromatic carbocycles. The van der Waals surface area contributed by atoms with Gasteiger partial charge in [-0.05, 0) is 6.92 Å². The van der Waals surface area contributed by atoms with Crippen LogP contribution in [-0.4, -0.2) is 51.9 Å². The smallest absolute Gasteiger partial charge is 0.354 e. The largest absolute Gasteiger partial charge is 0.477 e. The van der Waals surface area contributed by atoms with Crippen LogP contribution in [0, 0.1) is 6.92 Å². The predicted molar refractivity (Wildman–Crippen MR) is 69.8 cm³/mol. The van der Waals surface area contributed by atoms with Gasteiger partial charge in [-0.15, -0.1) is 0 Å². The first-order valence-electron chi connectivity index (χ1n) is 6.21. The van der Waals surface area contributed by atoms with E-state index in [1.807, 2.05) is 6.92 Å². The molecule has 3 heterocycles. The van der Waals surface area contributed by atoms with Crippen molar-refractivity contribution in [1.82, 2.24) is 19.9 Å². The molecule has 0 amide bonds. The summed E-state index contributed by atoms with van der Waals surface area (Å²) < 4.78 is 1.72. The number of piperazine rings is 1. The molecule has 2 aromatic rings. The van der Waals surface area contributed by atoms with E-state index in [-0.39, 0.29) is 5.69 Å². The van der Waals surface area contributed by atoms with Crippen LogP contribution in [0.25, 0.3) is 5.65 Å². The van der Waals surface area contributed by atoms with Gasteiger partial charge in [0.05, 0.1) is 5.69 Å². The predicted octanol–water partition coefficient (Wildman–Crippen LogP) is 0.146. The van der Waals surface area contributed by atoms with Gasteiger partial charge in [0.15, 0.2) is 11.3 Å². The Bertz CT molecular complexity index is 630. The topological polar surface area (TPSA) is 82.8 Å². The fraction of sp³-hybridized carbons (Fsp3) is 0.417. The van der Waals surface area contributed by atoms with E-state index in [1.165, 1.54) is 0 Å². The maximum absolute atomic E-state index is 11.2. The van der Waals surface area contributed by atoms with Crippen LogP contribution < -0.4 is 10.2 Å². The summed E-state index contributed by atoms with van der Waals surface area (Å²) >= 11 is 0. The highest BCUT2D eigenvalue weighted by atomic mass is 16.4. The molecule has 19 heavy (non-hydrogen) atoms. The van der Waals surface area contributed by atoms with Gasteiger partial charge < -0.3 is 15.3 Å². The van der Waals surface area contributed by atoms with Crippen LogP contribution in [0.1, 0.15) is 16.2 Å². The van der Waals surface area contributed by atoms with Gasteiger partial charge in [-0.2, -0.15) is 9.61 Å². The number of fused-ring (bicyclic) bond motifs is 1. The van der Waals surface area contributed by atoms with E-state index < -0.39 is 5.97 Å². The van der Waals surface area contributed by atoms with Crippen molar-refractivity contribution in [2.24, 2.45) is 0 Å². The SMILES string of the molecule is Cc1cc2nc(C(=O)O)cc(N3CCNCC3)n2n1. The molecule has 0 saturated carbocycles. The number of carboxylic acids is 1. The number of nitrogens with one attached hydrogen (secondary N) is 1. The third-order valence-electron chi connectivity index (χ3n) is 3.19. The Labute approximate surface area is 109 Å². The average molecular weight is 261 g/mol. The quantitative estimate of drug-likeness (QED) is 0.800. The van der Waals surface area contributed by atoms with E-state index >= 15 is 0 Å². The zero-order valence-electron chi connectivity index (χ0n) is 10.6. The van der Waals surface area contributed by atoms with Crippen LogP contribution in [0.3, 0.4) is 0 Å². The minimum Gasteiger partial charge on any atom is -0.477 e. The minimum absolute atomic E-state index is 0.0564. The van der Waals surface area contributed by atoms with Gasteiger partial charge in [0.2, 0.25) is 0 Å². The Hall–Kier alpha value is -2.15. The first-order chi connectivity index (χ1) is 9.15. The average Bonchev–Trinajstić information content (AvgIpc) is 2.78. The fourth-order valence-corrected chi connectivity index (χ4v) is 2.30. The van der Waals surface area contributed by atoms with E-state index in [1.54, 1.807) is 16.6 Å². The molecule has 1 saturated heterocycles. The van der Waals surface area contributed by atoms with Crippen molar-refractivity contribution in [2.75, 3.05) is 31.1 Å². The molecule has 1 aliphatic rings. The number of aryl methyl sites for hydroxylation is 1. The molecular formula is C12H15N5O2. The molecule has 0 aliphatic carbocycles. The standard InChI is InChI=1S/C12H15N5O2/c1-8-6-10-14-9(12(18)19)7-11(17(10)15-8)16-4-2-13-3-5-16/h6-7,13H,2-5H2,1H3,(H,18,19). The summed E-state index contributed by atoms with van der Waals surface area (Å²) in [5, 5.41) is 16.8. The van der Waals surface area contributed by atoms with Gasteiger partial charge in [-0.25, -0.2) is 9.78 Å². The Kier molecular flexibility index (Phi) is 2.83. The van der Waals surface area contributed by atoms with Crippen molar-refractivity contribution < 1.29 is 9.90 Å². The molecule has 2 N–H and O–H groups in total. The summed E-state index contributed by atoms with van der Waals surface area (Å²) in [6, 6.07) is 3.38. The monoisotopic (exact) mass is 261 g/mol. The van der Waals surface area contributed by atoms with Crippen molar-refractivity contribution in [3.8, 4) is 0 Å². The molecule has 0 unspecified atom stereocenters. The Morgan fingerprint density at radius 3 is 2.79 bits per heavy atom. The number of carbonyl (C=O) groups is 1. The Morgan fingerprint density at radius 1 is 1.37 bits per heavy atom. The Balaban J connectivity index is 2.16. The van der Waals surface area contributed by atoms with E-state index in [0.29, 0.717) is 5.65 Å². The number of nitrogens with zero attached hydrogens (tertiary/aromatic N) is 4. The van der Waals surface area contributed by atoms with Crippen LogP contribution in [-0.2, 0) is 0 Å². The first-order valence-corrected chi connectivity index (χ1v) is 6.21. The lowest BCUT2D eigenvalue weighted by molar-refractivity contribution is 0.0690. The summed E-state index contributed by atoms with van der Waals surface area (Å²) in [5.41, 5.74) is 1.46. The lowest BCUT2D eigenvalue weighted by Crippen LogP contribution is -2.44. The van der Waals surface area contributed by atoms with Crippen molar-refractivity contribution in [3.63, 3.8) is 0 Å². The summed E-state index contributed by atoms with van der Waals surface area (Å²) in [6.07, 6.45) is 0. The zero-order valence-corrected chi connectivity index (χ0v) is 10.6. The normalized spacial score (nSPS) is 15.9. The van der Waals surface area contributed by atoms with Crippen molar-refractivity contribution in [2.45, 2.75) is 6.92 Å². The van der Waals surface area contributed by atoms with E-state index in [2.05, 4.69) is 20.3 Å². The molecule has 3 rings (SSSR count). The maximum Gasteiger partial charge on any atom is 0.354 e. The molecule has 1 fully saturated rings. The van der Waals surface area contributed by atoms with Crippen LogP contribution in [0.5, 0.6) is 0 Å². The molecular weight excluding hydrogens is 246 g/mol. The van der Waals surface area contributed by atoms with Crippen LogP contribution >= 0.6 is 0 Å². The summed E-state index contributed by atoms with van der Waals surface area (Å²) in [4.78, 5) is 17.4. The van der Waals surface area contributed by atoms with Gasteiger partial charge >= 0.3 is 5.97 Å². The first kappa shape index (κ1) is 11.9. The lowest BCUT2D eigenvalue weighted by atomic mass is 10.3. The van der Waals surface area contributed by atoms with Crippen LogP contribution in [0.15, 0.2) is 12.1 Å². The molecule has 0 spiro atoms. The minimum atomic E-state index is -1.02. The second-order valence-corrected chi connectivity index (χ2v) is 4.60. The number of rotatable bonds is 2. The van der Waals surface area contributed by atoms with E-state index in [9.17, 15) is 4.79 Å². The molecule has 7 nitrogen and oxygen atoms in total. The van der Waals surface area contributed by atoms with E-state index in [4.69, 9.17) is 5.11 Å². The molecule has 1 aliphatic heterocycles. The number of aromatic nitrogens is 3. The highest BCUT2D eigenvalue weighted by molar-refractivity contribution is 5.87.